The first-order valence-electron chi connectivity index (χ1n) is 15.4. The third kappa shape index (κ3) is 3.29. The fourth-order valence-corrected chi connectivity index (χ4v) is 8.99. The van der Waals surface area contributed by atoms with Gasteiger partial charge in [-0.1, -0.05) is 117 Å². The number of aromatic nitrogens is 3. The second kappa shape index (κ2) is 8.87. The molecule has 212 valence electrons. The molecule has 0 saturated carbocycles. The van der Waals surface area contributed by atoms with Crippen LogP contribution in [0.2, 0.25) is 0 Å². The Labute approximate surface area is 264 Å². The van der Waals surface area contributed by atoms with Crippen molar-refractivity contribution in [1.82, 2.24) is 14.5 Å². The van der Waals surface area contributed by atoms with Crippen LogP contribution in [0.3, 0.4) is 0 Å². The smallest absolute Gasteiger partial charge is 0.165 e. The van der Waals surface area contributed by atoms with E-state index in [1.165, 1.54) is 53.2 Å². The van der Waals surface area contributed by atoms with Gasteiger partial charge in [0.2, 0.25) is 0 Å². The molecule has 0 bridgehead atoms. The van der Waals surface area contributed by atoms with Crippen molar-refractivity contribution in [3.63, 3.8) is 0 Å². The SMILES string of the molecule is CC1(C)c2ccccc2-c2ccc3c(c21)c1ccccc1n3-c1nc2c(ccc3c4ccccc4sc32)nc1-c1ccccc1. The van der Waals surface area contributed by atoms with Crippen molar-refractivity contribution in [3.8, 4) is 28.2 Å². The summed E-state index contributed by atoms with van der Waals surface area (Å²) in [5.74, 6) is 0.859. The van der Waals surface area contributed by atoms with Gasteiger partial charge in [0.15, 0.2) is 5.82 Å². The molecular weight excluding hydrogens is 567 g/mol. The number of nitrogens with zero attached hydrogens (tertiary/aromatic N) is 3. The third-order valence-corrected chi connectivity index (χ3v) is 11.0. The van der Waals surface area contributed by atoms with E-state index in [0.717, 1.165) is 39.1 Å². The summed E-state index contributed by atoms with van der Waals surface area (Å²) >= 11 is 1.80. The maximum atomic E-state index is 5.60. The molecule has 0 N–H and O–H groups in total. The summed E-state index contributed by atoms with van der Waals surface area (Å²) in [6.07, 6.45) is 0. The summed E-state index contributed by atoms with van der Waals surface area (Å²) in [5.41, 5.74) is 11.4. The highest BCUT2D eigenvalue weighted by Gasteiger charge is 2.38. The molecule has 0 amide bonds. The van der Waals surface area contributed by atoms with Crippen LogP contribution in [0.4, 0.5) is 0 Å². The van der Waals surface area contributed by atoms with E-state index in [1.807, 2.05) is 0 Å². The Morgan fingerprint density at radius 1 is 0.600 bits per heavy atom. The standard InChI is InChI=1S/C41H27N3S/c1-41(2)30-17-9-6-14-25(30)27-21-23-33-35(36(27)41)29-16-7-10-18-32(29)44(33)40-37(24-12-4-3-5-13-24)42-31-22-20-28-26-15-8-11-19-34(26)45-39(28)38(31)43-40/h3-23H,1-2H3. The third-order valence-electron chi connectivity index (χ3n) is 9.77. The number of thiophene rings is 1. The first kappa shape index (κ1) is 25.1. The van der Waals surface area contributed by atoms with Gasteiger partial charge in [0.1, 0.15) is 11.2 Å². The minimum Gasteiger partial charge on any atom is -0.292 e. The quantitative estimate of drug-likeness (QED) is 0.200. The van der Waals surface area contributed by atoms with Crippen molar-refractivity contribution in [2.45, 2.75) is 19.3 Å². The van der Waals surface area contributed by atoms with Crippen LogP contribution in [0.5, 0.6) is 0 Å². The minimum atomic E-state index is -0.138. The van der Waals surface area contributed by atoms with Crippen molar-refractivity contribution < 1.29 is 0 Å². The van der Waals surface area contributed by atoms with Crippen molar-refractivity contribution in [1.29, 1.82) is 0 Å². The Kier molecular flexibility index (Phi) is 4.94. The lowest BCUT2D eigenvalue weighted by molar-refractivity contribution is 0.666. The van der Waals surface area contributed by atoms with Crippen LogP contribution >= 0.6 is 11.3 Å². The van der Waals surface area contributed by atoms with E-state index < -0.39 is 0 Å². The molecule has 1 aliphatic carbocycles. The molecule has 1 aliphatic rings. The first-order valence-corrected chi connectivity index (χ1v) is 16.3. The van der Waals surface area contributed by atoms with E-state index in [4.69, 9.17) is 9.97 Å². The molecule has 4 heteroatoms. The lowest BCUT2D eigenvalue weighted by Gasteiger charge is -2.22. The van der Waals surface area contributed by atoms with Crippen molar-refractivity contribution >= 4 is 64.3 Å². The molecule has 0 unspecified atom stereocenters. The van der Waals surface area contributed by atoms with Crippen LogP contribution in [0, 0.1) is 0 Å². The lowest BCUT2D eigenvalue weighted by atomic mass is 9.80. The summed E-state index contributed by atoms with van der Waals surface area (Å²) in [6.45, 7) is 4.74. The monoisotopic (exact) mass is 593 g/mol. The molecule has 6 aromatic carbocycles. The fraction of sp³-hybridized carbons (Fsp3) is 0.0732. The van der Waals surface area contributed by atoms with E-state index in [9.17, 15) is 0 Å². The Morgan fingerprint density at radius 3 is 2.24 bits per heavy atom. The molecule has 0 fully saturated rings. The normalized spacial score (nSPS) is 13.7. The molecule has 3 nitrogen and oxygen atoms in total. The van der Waals surface area contributed by atoms with Crippen LogP contribution in [-0.2, 0) is 5.41 Å². The van der Waals surface area contributed by atoms with E-state index in [-0.39, 0.29) is 5.41 Å². The molecule has 45 heavy (non-hydrogen) atoms. The molecule has 0 radical (unpaired) electrons. The van der Waals surface area contributed by atoms with Crippen molar-refractivity contribution in [2.24, 2.45) is 0 Å². The van der Waals surface area contributed by atoms with E-state index in [0.29, 0.717) is 0 Å². The highest BCUT2D eigenvalue weighted by molar-refractivity contribution is 7.26. The average Bonchev–Trinajstić information content (AvgIpc) is 3.70. The molecule has 9 aromatic rings. The Hall–Kier alpha value is -5.32. The highest BCUT2D eigenvalue weighted by atomic mass is 32.1. The predicted molar refractivity (Wildman–Crippen MR) is 190 cm³/mol. The van der Waals surface area contributed by atoms with Crippen molar-refractivity contribution in [3.05, 3.63) is 139 Å². The summed E-state index contributed by atoms with van der Waals surface area (Å²) in [7, 11) is 0. The van der Waals surface area contributed by atoms with E-state index in [2.05, 4.69) is 146 Å². The topological polar surface area (TPSA) is 30.7 Å². The summed E-state index contributed by atoms with van der Waals surface area (Å²) in [5, 5.41) is 5.04. The molecule has 3 heterocycles. The number of hydrogen-bond acceptors (Lipinski definition) is 3. The number of rotatable bonds is 2. The number of benzene rings is 6. The molecule has 0 atom stereocenters. The zero-order valence-electron chi connectivity index (χ0n) is 24.9. The van der Waals surface area contributed by atoms with Gasteiger partial charge < -0.3 is 0 Å². The zero-order valence-corrected chi connectivity index (χ0v) is 25.7. The predicted octanol–water partition coefficient (Wildman–Crippen LogP) is 11.1. The average molecular weight is 594 g/mol. The number of hydrogen-bond donors (Lipinski definition) is 0. The van der Waals surface area contributed by atoms with E-state index in [1.54, 1.807) is 11.3 Å². The van der Waals surface area contributed by atoms with Gasteiger partial charge in [0.25, 0.3) is 0 Å². The van der Waals surface area contributed by atoms with Crippen LogP contribution in [0.25, 0.3) is 81.2 Å². The molecular formula is C41H27N3S. The molecule has 0 aliphatic heterocycles. The fourth-order valence-electron chi connectivity index (χ4n) is 7.80. The first-order chi connectivity index (χ1) is 22.1. The van der Waals surface area contributed by atoms with E-state index >= 15 is 0 Å². The van der Waals surface area contributed by atoms with Gasteiger partial charge >= 0.3 is 0 Å². The minimum absolute atomic E-state index is 0.138. The molecule has 10 rings (SSSR count). The van der Waals surface area contributed by atoms with Gasteiger partial charge in [-0.3, -0.25) is 4.57 Å². The number of para-hydroxylation sites is 1. The van der Waals surface area contributed by atoms with Crippen LogP contribution in [-0.4, -0.2) is 14.5 Å². The highest BCUT2D eigenvalue weighted by Crippen LogP contribution is 2.53. The van der Waals surface area contributed by atoms with Gasteiger partial charge in [-0.05, 0) is 46.5 Å². The maximum Gasteiger partial charge on any atom is 0.165 e. The second-order valence-corrected chi connectivity index (χ2v) is 13.6. The summed E-state index contributed by atoms with van der Waals surface area (Å²) in [4.78, 5) is 11.0. The van der Waals surface area contributed by atoms with Crippen LogP contribution in [0.1, 0.15) is 25.0 Å². The summed E-state index contributed by atoms with van der Waals surface area (Å²) in [6, 6.07) is 45.8. The maximum absolute atomic E-state index is 5.60. The second-order valence-electron chi connectivity index (χ2n) is 12.6. The molecule has 0 saturated heterocycles. The Bertz CT molecular complexity index is 2680. The lowest BCUT2D eigenvalue weighted by Crippen LogP contribution is -2.15. The Balaban J connectivity index is 1.38. The van der Waals surface area contributed by atoms with Crippen LogP contribution < -0.4 is 0 Å². The number of fused-ring (bicyclic) bond motifs is 12. The van der Waals surface area contributed by atoms with Crippen molar-refractivity contribution in [2.75, 3.05) is 0 Å². The van der Waals surface area contributed by atoms with Gasteiger partial charge in [-0.15, -0.1) is 11.3 Å². The molecule has 3 aromatic heterocycles. The van der Waals surface area contributed by atoms with Gasteiger partial charge in [0.05, 0.1) is 21.3 Å². The van der Waals surface area contributed by atoms with Gasteiger partial charge in [-0.2, -0.15) is 0 Å². The largest absolute Gasteiger partial charge is 0.292 e. The zero-order chi connectivity index (χ0) is 29.9. The Morgan fingerprint density at radius 2 is 1.36 bits per heavy atom. The summed E-state index contributed by atoms with van der Waals surface area (Å²) < 4.78 is 4.82. The van der Waals surface area contributed by atoms with Gasteiger partial charge in [-0.25, -0.2) is 9.97 Å². The van der Waals surface area contributed by atoms with Crippen LogP contribution in [0.15, 0.2) is 127 Å². The van der Waals surface area contributed by atoms with Gasteiger partial charge in [0, 0.05) is 37.2 Å². The molecule has 0 spiro atoms.